The molecule has 9 nitrogen and oxygen atoms in total. The van der Waals surface area contributed by atoms with Crippen molar-refractivity contribution in [2.45, 2.75) is 290 Å². The summed E-state index contributed by atoms with van der Waals surface area (Å²) in [7, 11) is 1.47. The Hall–Kier alpha value is -4.11. The van der Waals surface area contributed by atoms with Crippen LogP contribution in [0.1, 0.15) is 284 Å². The predicted molar refractivity (Wildman–Crippen MR) is 380 cm³/mol. The van der Waals surface area contributed by atoms with E-state index in [2.05, 4.69) is 160 Å². The van der Waals surface area contributed by atoms with Crippen molar-refractivity contribution in [3.05, 3.63) is 146 Å². The van der Waals surface area contributed by atoms with Gasteiger partial charge in [0, 0.05) is 12.8 Å². The maximum Gasteiger partial charge on any atom is 0.472 e. The van der Waals surface area contributed by atoms with E-state index in [4.69, 9.17) is 18.5 Å². The van der Waals surface area contributed by atoms with E-state index in [1.54, 1.807) is 0 Å². The number of allylic oxidation sites excluding steroid dienone is 24. The van der Waals surface area contributed by atoms with Gasteiger partial charge >= 0.3 is 19.8 Å². The third-order valence-corrected chi connectivity index (χ3v) is 15.8. The quantitative estimate of drug-likeness (QED) is 0.0211. The van der Waals surface area contributed by atoms with Gasteiger partial charge in [0.25, 0.3) is 0 Å². The van der Waals surface area contributed by atoms with Crippen molar-refractivity contribution < 1.29 is 42.1 Å². The highest BCUT2D eigenvalue weighted by molar-refractivity contribution is 7.47. The molecule has 502 valence electrons. The number of carbonyl (C=O) groups is 2. The summed E-state index contributed by atoms with van der Waals surface area (Å²) in [6, 6.07) is 0. The molecule has 0 aromatic rings. The number of rotatable bonds is 64. The van der Waals surface area contributed by atoms with Gasteiger partial charge in [-0.2, -0.15) is 0 Å². The summed E-state index contributed by atoms with van der Waals surface area (Å²) in [5.74, 6) is -0.802. The van der Waals surface area contributed by atoms with E-state index in [-0.39, 0.29) is 32.0 Å². The van der Waals surface area contributed by atoms with Crippen LogP contribution in [0.4, 0.5) is 0 Å². The van der Waals surface area contributed by atoms with Gasteiger partial charge in [0.15, 0.2) is 6.10 Å². The van der Waals surface area contributed by atoms with Crippen molar-refractivity contribution in [2.75, 3.05) is 47.5 Å². The van der Waals surface area contributed by atoms with E-state index in [9.17, 15) is 19.0 Å². The molecule has 0 amide bonds. The van der Waals surface area contributed by atoms with Crippen LogP contribution in [-0.4, -0.2) is 74.9 Å². The lowest BCUT2D eigenvalue weighted by atomic mass is 10.0. The monoisotopic (exact) mass is 1240 g/mol. The van der Waals surface area contributed by atoms with E-state index in [1.807, 2.05) is 21.1 Å². The zero-order valence-electron chi connectivity index (χ0n) is 57.2. The number of unbranched alkanes of at least 4 members (excludes halogenated alkanes) is 26. The van der Waals surface area contributed by atoms with E-state index < -0.39 is 26.5 Å². The first-order valence-corrected chi connectivity index (χ1v) is 37.1. The lowest BCUT2D eigenvalue weighted by molar-refractivity contribution is -0.870. The maximum atomic E-state index is 12.9. The summed E-state index contributed by atoms with van der Waals surface area (Å²) < 4.78 is 34.7. The molecule has 0 aromatic heterocycles. The Morgan fingerprint density at radius 2 is 0.614 bits per heavy atom. The fourth-order valence-corrected chi connectivity index (χ4v) is 10.2. The third-order valence-electron chi connectivity index (χ3n) is 14.9. The first kappa shape index (κ1) is 83.9. The van der Waals surface area contributed by atoms with Crippen LogP contribution in [0.2, 0.25) is 0 Å². The molecular weight excluding hydrogens is 1110 g/mol. The standard InChI is InChI=1S/C78H132NO8P/c1-6-8-10-12-14-16-18-20-22-24-26-28-30-32-34-36-38-39-41-43-45-47-49-51-53-55-57-59-61-63-65-67-69-71-78(81)87-76(75-86-88(82,83)85-73-72-79(3,4)5)74-84-77(80)70-68-66-64-62-60-58-56-54-52-50-48-46-44-42-40-37-35-33-31-29-27-25-23-21-19-17-15-13-11-9-7-2/h8-11,14-17,20-23,26-29,32-35,38-39,43,45,76H,6-7,12-13,18-19,24-25,30-31,36-37,40-42,44,46-75H2,1-5H3/p+1/b10-8-,11-9-,16-14-,17-15-,22-20-,23-21-,28-26-,29-27-,34-32-,35-33-,39-38-,45-43-. The van der Waals surface area contributed by atoms with Gasteiger partial charge in [0.2, 0.25) is 0 Å². The minimum Gasteiger partial charge on any atom is -0.462 e. The highest BCUT2D eigenvalue weighted by Crippen LogP contribution is 2.43. The first-order chi connectivity index (χ1) is 43.0. The molecule has 0 aliphatic rings. The lowest BCUT2D eigenvalue weighted by Crippen LogP contribution is -2.37. The fourth-order valence-electron chi connectivity index (χ4n) is 9.50. The highest BCUT2D eigenvalue weighted by atomic mass is 31.2. The normalized spacial score (nSPS) is 14.0. The second-order valence-corrected chi connectivity index (χ2v) is 26.0. The molecule has 0 spiro atoms. The maximum absolute atomic E-state index is 12.9. The van der Waals surface area contributed by atoms with Crippen LogP contribution in [0.25, 0.3) is 0 Å². The molecule has 2 unspecified atom stereocenters. The lowest BCUT2D eigenvalue weighted by Gasteiger charge is -2.24. The average Bonchev–Trinajstić information content (AvgIpc) is 3.56. The molecule has 2 atom stereocenters. The van der Waals surface area contributed by atoms with E-state index >= 15 is 0 Å². The second kappa shape index (κ2) is 67.3. The van der Waals surface area contributed by atoms with Crippen molar-refractivity contribution in [3.63, 3.8) is 0 Å². The van der Waals surface area contributed by atoms with Gasteiger partial charge in [0.1, 0.15) is 19.8 Å². The summed E-state index contributed by atoms with van der Waals surface area (Å²) in [5.41, 5.74) is 0. The van der Waals surface area contributed by atoms with Crippen LogP contribution in [0.5, 0.6) is 0 Å². The van der Waals surface area contributed by atoms with Crippen molar-refractivity contribution in [3.8, 4) is 0 Å². The van der Waals surface area contributed by atoms with Crippen LogP contribution >= 0.6 is 7.82 Å². The van der Waals surface area contributed by atoms with Gasteiger partial charge < -0.3 is 18.9 Å². The van der Waals surface area contributed by atoms with E-state index in [0.717, 1.165) is 122 Å². The largest absolute Gasteiger partial charge is 0.472 e. The van der Waals surface area contributed by atoms with Crippen molar-refractivity contribution in [1.29, 1.82) is 0 Å². The van der Waals surface area contributed by atoms with Gasteiger partial charge in [-0.1, -0.05) is 301 Å². The number of quaternary nitrogens is 1. The summed E-state index contributed by atoms with van der Waals surface area (Å²) in [5, 5.41) is 0. The minimum atomic E-state index is -4.40. The molecular formula is C78H133NO8P+. The predicted octanol–water partition coefficient (Wildman–Crippen LogP) is 23.4. The van der Waals surface area contributed by atoms with Gasteiger partial charge in [-0.15, -0.1) is 0 Å². The molecule has 0 aliphatic heterocycles. The number of carbonyl (C=O) groups excluding carboxylic acids is 2. The van der Waals surface area contributed by atoms with Gasteiger partial charge in [-0.05, 0) is 116 Å². The van der Waals surface area contributed by atoms with Crippen LogP contribution in [0.3, 0.4) is 0 Å². The van der Waals surface area contributed by atoms with Gasteiger partial charge in [-0.3, -0.25) is 18.6 Å². The molecule has 0 radical (unpaired) electrons. The molecule has 0 rings (SSSR count). The number of esters is 2. The summed E-state index contributed by atoms with van der Waals surface area (Å²) >= 11 is 0. The topological polar surface area (TPSA) is 108 Å². The molecule has 0 saturated heterocycles. The van der Waals surface area contributed by atoms with Crippen molar-refractivity contribution in [1.82, 2.24) is 0 Å². The Morgan fingerprint density at radius 3 is 0.909 bits per heavy atom. The average molecular weight is 1240 g/mol. The zero-order valence-corrected chi connectivity index (χ0v) is 58.1. The summed E-state index contributed by atoms with van der Waals surface area (Å²) in [6.07, 6.45) is 99.4. The number of hydrogen-bond acceptors (Lipinski definition) is 7. The highest BCUT2D eigenvalue weighted by Gasteiger charge is 2.27. The molecule has 0 aliphatic carbocycles. The Bertz CT molecular complexity index is 2000. The molecule has 0 saturated carbocycles. The zero-order chi connectivity index (χ0) is 64.1. The Morgan fingerprint density at radius 1 is 0.352 bits per heavy atom. The van der Waals surface area contributed by atoms with Crippen molar-refractivity contribution >= 4 is 19.8 Å². The molecule has 0 fully saturated rings. The van der Waals surface area contributed by atoms with Crippen molar-refractivity contribution in [2.24, 2.45) is 0 Å². The second-order valence-electron chi connectivity index (χ2n) is 24.5. The SMILES string of the molecule is CC/C=C\C/C=C\C/C=C\C/C=C\C/C=C\C/C=C\C/C=C\CCCCCCCCCCCCCC(=O)OC(COC(=O)CCCCCCCCCCCCCCCCC/C=C\C/C=C\C/C=C\C/C=C\C/C=C\CC)COP(=O)(O)OCC[N+](C)(C)C. The number of phosphoric acid groups is 1. The number of nitrogens with zero attached hydrogens (tertiary/aromatic N) is 1. The van der Waals surface area contributed by atoms with Crippen LogP contribution in [0.15, 0.2) is 146 Å². The number of hydrogen-bond donors (Lipinski definition) is 1. The van der Waals surface area contributed by atoms with E-state index in [0.29, 0.717) is 17.4 Å². The summed E-state index contributed by atoms with van der Waals surface area (Å²) in [4.78, 5) is 35.9. The van der Waals surface area contributed by atoms with Gasteiger partial charge in [-0.25, -0.2) is 4.57 Å². The molecule has 10 heteroatoms. The Labute approximate surface area is 542 Å². The van der Waals surface area contributed by atoms with Crippen LogP contribution in [0, 0.1) is 0 Å². The number of phosphoric ester groups is 1. The third kappa shape index (κ3) is 71.0. The van der Waals surface area contributed by atoms with Crippen LogP contribution in [-0.2, 0) is 32.7 Å². The first-order valence-electron chi connectivity index (χ1n) is 35.6. The van der Waals surface area contributed by atoms with Crippen LogP contribution < -0.4 is 0 Å². The van der Waals surface area contributed by atoms with E-state index in [1.165, 1.54) is 128 Å². The number of ether oxygens (including phenoxy) is 2. The van der Waals surface area contributed by atoms with Gasteiger partial charge in [0.05, 0.1) is 27.7 Å². The molecule has 88 heavy (non-hydrogen) atoms. The molecule has 1 N–H and O–H groups in total. The molecule has 0 bridgehead atoms. The smallest absolute Gasteiger partial charge is 0.462 e. The molecule has 0 heterocycles. The summed E-state index contributed by atoms with van der Waals surface area (Å²) in [6.45, 7) is 4.21. The molecule has 0 aromatic carbocycles. The minimum absolute atomic E-state index is 0.0253. The Balaban J connectivity index is 4.08. The number of likely N-dealkylation sites (N-methyl/N-ethyl adjacent to an activating group) is 1. The Kier molecular flexibility index (Phi) is 64.1. The fraction of sp³-hybridized carbons (Fsp3) is 0.667.